The topological polar surface area (TPSA) is 12.0 Å². The van der Waals surface area contributed by atoms with Crippen molar-refractivity contribution in [3.05, 3.63) is 70.8 Å². The van der Waals surface area contributed by atoms with Crippen LogP contribution in [0.5, 0.6) is 0 Å². The molecule has 0 saturated carbocycles. The molecule has 2 heteroatoms. The van der Waals surface area contributed by atoms with Gasteiger partial charge in [-0.05, 0) is 47.9 Å². The molecule has 2 atom stereocenters. The Morgan fingerprint density at radius 2 is 1.15 bits per heavy atom. The Kier molecular flexibility index (Phi) is 3.82. The second kappa shape index (κ2) is 5.59. The minimum atomic E-state index is 0. The lowest BCUT2D eigenvalue weighted by molar-refractivity contribution is 0.440. The molecule has 0 saturated heterocycles. The molecule has 104 valence electrons. The van der Waals surface area contributed by atoms with E-state index in [2.05, 4.69) is 53.8 Å². The predicted octanol–water partition coefficient (Wildman–Crippen LogP) is 4.37. The van der Waals surface area contributed by atoms with Gasteiger partial charge in [0, 0.05) is 12.1 Å². The Balaban J connectivity index is 0.00000121. The monoisotopic (exact) mass is 285 g/mol. The maximum absolute atomic E-state index is 3.89. The summed E-state index contributed by atoms with van der Waals surface area (Å²) in [7, 11) is 0. The average molecular weight is 286 g/mol. The van der Waals surface area contributed by atoms with Gasteiger partial charge in [0.25, 0.3) is 0 Å². The van der Waals surface area contributed by atoms with E-state index in [0.717, 1.165) is 0 Å². The van der Waals surface area contributed by atoms with Crippen LogP contribution in [0.4, 0.5) is 0 Å². The van der Waals surface area contributed by atoms with Crippen molar-refractivity contribution in [2.75, 3.05) is 0 Å². The molecule has 20 heavy (non-hydrogen) atoms. The first-order valence-electron chi connectivity index (χ1n) is 7.33. The zero-order valence-corrected chi connectivity index (χ0v) is 12.3. The standard InChI is InChI=1S/C18H19N.ClH/c1-3-7-15-13(5-1)9-11-17(15)19-18-12-10-14-6-2-4-8-16(14)18;/h1-8,17-19H,9-12H2;1H. The van der Waals surface area contributed by atoms with Gasteiger partial charge >= 0.3 is 0 Å². The van der Waals surface area contributed by atoms with E-state index in [9.17, 15) is 0 Å². The van der Waals surface area contributed by atoms with Gasteiger partial charge in [-0.25, -0.2) is 0 Å². The molecule has 2 aliphatic carbocycles. The van der Waals surface area contributed by atoms with Gasteiger partial charge in [-0.15, -0.1) is 12.4 Å². The summed E-state index contributed by atoms with van der Waals surface area (Å²) in [5, 5.41) is 3.89. The molecule has 0 radical (unpaired) electrons. The average Bonchev–Trinajstić information content (AvgIpc) is 3.05. The van der Waals surface area contributed by atoms with E-state index in [-0.39, 0.29) is 12.4 Å². The lowest BCUT2D eigenvalue weighted by Gasteiger charge is -2.20. The molecule has 1 N–H and O–H groups in total. The number of hydrogen-bond acceptors (Lipinski definition) is 1. The van der Waals surface area contributed by atoms with Crippen LogP contribution in [0.2, 0.25) is 0 Å². The molecule has 1 nitrogen and oxygen atoms in total. The van der Waals surface area contributed by atoms with Gasteiger partial charge in [-0.1, -0.05) is 48.5 Å². The van der Waals surface area contributed by atoms with Crippen molar-refractivity contribution in [1.82, 2.24) is 5.32 Å². The molecule has 2 aromatic carbocycles. The van der Waals surface area contributed by atoms with Gasteiger partial charge in [0.1, 0.15) is 0 Å². The Morgan fingerprint density at radius 1 is 0.700 bits per heavy atom. The number of benzene rings is 2. The maximum atomic E-state index is 3.89. The minimum absolute atomic E-state index is 0. The Bertz CT molecular complexity index is 554. The Labute approximate surface area is 126 Å². The van der Waals surface area contributed by atoms with Crippen LogP contribution in [0.1, 0.15) is 47.2 Å². The second-order valence-electron chi connectivity index (χ2n) is 5.75. The number of aryl methyl sites for hydroxylation is 2. The smallest absolute Gasteiger partial charge is 0.0331 e. The van der Waals surface area contributed by atoms with Crippen molar-refractivity contribution < 1.29 is 0 Å². The lowest BCUT2D eigenvalue weighted by atomic mass is 10.0. The zero-order chi connectivity index (χ0) is 12.7. The fourth-order valence-electron chi connectivity index (χ4n) is 3.70. The number of halogens is 1. The van der Waals surface area contributed by atoms with Crippen LogP contribution in [0, 0.1) is 0 Å². The summed E-state index contributed by atoms with van der Waals surface area (Å²) in [5.74, 6) is 0. The Morgan fingerprint density at radius 3 is 1.65 bits per heavy atom. The van der Waals surface area contributed by atoms with Crippen LogP contribution in [-0.4, -0.2) is 0 Å². The van der Waals surface area contributed by atoms with Gasteiger partial charge in [-0.3, -0.25) is 0 Å². The first-order chi connectivity index (χ1) is 9.42. The normalized spacial score (nSPS) is 23.0. The van der Waals surface area contributed by atoms with Gasteiger partial charge in [0.2, 0.25) is 0 Å². The second-order valence-corrected chi connectivity index (χ2v) is 5.75. The summed E-state index contributed by atoms with van der Waals surface area (Å²) in [5.41, 5.74) is 6.11. The molecule has 2 unspecified atom stereocenters. The van der Waals surface area contributed by atoms with E-state index in [4.69, 9.17) is 0 Å². The third kappa shape index (κ3) is 2.25. The van der Waals surface area contributed by atoms with Gasteiger partial charge in [-0.2, -0.15) is 0 Å². The van der Waals surface area contributed by atoms with Crippen LogP contribution in [0.25, 0.3) is 0 Å². The van der Waals surface area contributed by atoms with Crippen molar-refractivity contribution in [2.24, 2.45) is 0 Å². The van der Waals surface area contributed by atoms with Crippen LogP contribution in [0.3, 0.4) is 0 Å². The highest BCUT2D eigenvalue weighted by Crippen LogP contribution is 2.37. The highest BCUT2D eigenvalue weighted by atomic mass is 35.5. The van der Waals surface area contributed by atoms with Gasteiger partial charge < -0.3 is 5.32 Å². The lowest BCUT2D eigenvalue weighted by Crippen LogP contribution is -2.23. The summed E-state index contributed by atoms with van der Waals surface area (Å²) < 4.78 is 0. The molecule has 0 heterocycles. The largest absolute Gasteiger partial charge is 0.303 e. The van der Waals surface area contributed by atoms with Crippen molar-refractivity contribution in [1.29, 1.82) is 0 Å². The molecule has 4 rings (SSSR count). The summed E-state index contributed by atoms with van der Waals surface area (Å²) in [4.78, 5) is 0. The summed E-state index contributed by atoms with van der Waals surface area (Å²) in [6, 6.07) is 18.9. The molecule has 0 aromatic heterocycles. The first-order valence-corrected chi connectivity index (χ1v) is 7.33. The van der Waals surface area contributed by atoms with E-state index in [1.54, 1.807) is 0 Å². The number of rotatable bonds is 2. The van der Waals surface area contributed by atoms with E-state index < -0.39 is 0 Å². The van der Waals surface area contributed by atoms with E-state index in [1.165, 1.54) is 47.9 Å². The third-order valence-electron chi connectivity index (χ3n) is 4.67. The molecule has 0 fully saturated rings. The summed E-state index contributed by atoms with van der Waals surface area (Å²) in [6.07, 6.45) is 4.94. The molecule has 2 aromatic rings. The van der Waals surface area contributed by atoms with Crippen molar-refractivity contribution in [3.8, 4) is 0 Å². The van der Waals surface area contributed by atoms with E-state index in [0.29, 0.717) is 12.1 Å². The van der Waals surface area contributed by atoms with E-state index >= 15 is 0 Å². The summed E-state index contributed by atoms with van der Waals surface area (Å²) in [6.45, 7) is 0. The van der Waals surface area contributed by atoms with Crippen LogP contribution < -0.4 is 5.32 Å². The molecular weight excluding hydrogens is 266 g/mol. The molecular formula is C18H20ClN. The molecule has 0 aliphatic heterocycles. The SMILES string of the molecule is Cl.c1ccc2c(c1)CCC2NC1CCc2ccccc21. The zero-order valence-electron chi connectivity index (χ0n) is 11.5. The summed E-state index contributed by atoms with van der Waals surface area (Å²) >= 11 is 0. The minimum Gasteiger partial charge on any atom is -0.303 e. The fourth-order valence-corrected chi connectivity index (χ4v) is 3.70. The van der Waals surface area contributed by atoms with Crippen molar-refractivity contribution in [2.45, 2.75) is 37.8 Å². The third-order valence-corrected chi connectivity index (χ3v) is 4.67. The van der Waals surface area contributed by atoms with Gasteiger partial charge in [0.05, 0.1) is 0 Å². The first kappa shape index (κ1) is 13.7. The van der Waals surface area contributed by atoms with Crippen LogP contribution in [0.15, 0.2) is 48.5 Å². The predicted molar refractivity (Wildman–Crippen MR) is 85.4 cm³/mol. The van der Waals surface area contributed by atoms with Crippen LogP contribution in [-0.2, 0) is 12.8 Å². The molecule has 0 amide bonds. The highest BCUT2D eigenvalue weighted by Gasteiger charge is 2.28. The fraction of sp³-hybridized carbons (Fsp3) is 0.333. The molecule has 0 bridgehead atoms. The van der Waals surface area contributed by atoms with Crippen molar-refractivity contribution in [3.63, 3.8) is 0 Å². The number of fused-ring (bicyclic) bond motifs is 2. The molecule has 2 aliphatic rings. The number of hydrogen-bond donors (Lipinski definition) is 1. The number of nitrogens with one attached hydrogen (secondary N) is 1. The van der Waals surface area contributed by atoms with E-state index in [1.807, 2.05) is 0 Å². The van der Waals surface area contributed by atoms with Gasteiger partial charge in [0.15, 0.2) is 0 Å². The van der Waals surface area contributed by atoms with Crippen LogP contribution >= 0.6 is 12.4 Å². The Hall–Kier alpha value is -1.31. The van der Waals surface area contributed by atoms with Crippen molar-refractivity contribution >= 4 is 12.4 Å². The quantitative estimate of drug-likeness (QED) is 0.864. The molecule has 0 spiro atoms. The maximum Gasteiger partial charge on any atom is 0.0331 e. The highest BCUT2D eigenvalue weighted by molar-refractivity contribution is 5.85.